The van der Waals surface area contributed by atoms with Gasteiger partial charge in [-0.15, -0.1) is 0 Å². The minimum Gasteiger partial charge on any atom is -0.493 e. The number of carbonyl (C=O) groups excluding carboxylic acids is 2. The first-order valence-electron chi connectivity index (χ1n) is 12.5. The van der Waals surface area contributed by atoms with Crippen LogP contribution in [0.4, 0.5) is 5.69 Å². The van der Waals surface area contributed by atoms with Crippen LogP contribution in [0.2, 0.25) is 0 Å². The Morgan fingerprint density at radius 2 is 1.55 bits per heavy atom. The third-order valence-corrected chi connectivity index (χ3v) is 6.28. The molecule has 0 saturated heterocycles. The van der Waals surface area contributed by atoms with Gasteiger partial charge in [-0.05, 0) is 42.8 Å². The monoisotopic (exact) mass is 546 g/mol. The Balaban J connectivity index is 1.81. The van der Waals surface area contributed by atoms with Crippen molar-refractivity contribution in [1.29, 1.82) is 0 Å². The average molecular weight is 547 g/mol. The van der Waals surface area contributed by atoms with Gasteiger partial charge in [-0.3, -0.25) is 23.5 Å². The summed E-state index contributed by atoms with van der Waals surface area (Å²) in [7, 11) is 4.41. The van der Waals surface area contributed by atoms with Crippen molar-refractivity contribution >= 4 is 28.4 Å². The van der Waals surface area contributed by atoms with E-state index in [1.165, 1.54) is 38.0 Å². The molecule has 4 aromatic rings. The molecule has 0 radical (unpaired) electrons. The third-order valence-electron chi connectivity index (χ3n) is 6.28. The van der Waals surface area contributed by atoms with E-state index in [9.17, 15) is 19.2 Å². The summed E-state index contributed by atoms with van der Waals surface area (Å²) in [4.78, 5) is 52.4. The number of benzene rings is 3. The molecule has 0 saturated carbocycles. The lowest BCUT2D eigenvalue weighted by molar-refractivity contribution is -0.116. The fourth-order valence-electron chi connectivity index (χ4n) is 4.31. The normalized spacial score (nSPS) is 10.7. The van der Waals surface area contributed by atoms with Crippen LogP contribution in [0.5, 0.6) is 17.2 Å². The van der Waals surface area contributed by atoms with Gasteiger partial charge in [0.25, 0.3) is 11.5 Å². The van der Waals surface area contributed by atoms with E-state index in [1.54, 1.807) is 48.5 Å². The lowest BCUT2D eigenvalue weighted by Crippen LogP contribution is -2.42. The number of fused-ring (bicyclic) bond motifs is 1. The van der Waals surface area contributed by atoms with Crippen LogP contribution in [0.3, 0.4) is 0 Å². The van der Waals surface area contributed by atoms with E-state index in [0.29, 0.717) is 40.7 Å². The molecule has 2 amide bonds. The highest BCUT2D eigenvalue weighted by atomic mass is 16.5. The molecule has 4 rings (SSSR count). The highest BCUT2D eigenvalue weighted by Crippen LogP contribution is 2.30. The summed E-state index contributed by atoms with van der Waals surface area (Å²) in [6.45, 7) is 1.78. The van der Waals surface area contributed by atoms with Crippen LogP contribution in [0, 0.1) is 0 Å². The molecule has 2 N–H and O–H groups in total. The fourth-order valence-corrected chi connectivity index (χ4v) is 4.31. The smallest absolute Gasteiger partial charge is 0.332 e. The van der Waals surface area contributed by atoms with Gasteiger partial charge in [0.05, 0.1) is 44.0 Å². The molecule has 11 nitrogen and oxygen atoms in total. The van der Waals surface area contributed by atoms with Crippen LogP contribution in [0.25, 0.3) is 10.9 Å². The van der Waals surface area contributed by atoms with E-state index >= 15 is 0 Å². The zero-order chi connectivity index (χ0) is 28.8. The second kappa shape index (κ2) is 12.2. The van der Waals surface area contributed by atoms with Crippen LogP contribution >= 0.6 is 0 Å². The largest absolute Gasteiger partial charge is 0.493 e. The number of carbonyl (C=O) groups is 2. The summed E-state index contributed by atoms with van der Waals surface area (Å²) in [6.07, 6.45) is 0. The second-order valence-corrected chi connectivity index (χ2v) is 8.74. The van der Waals surface area contributed by atoms with E-state index in [0.717, 1.165) is 4.57 Å². The molecule has 0 fully saturated rings. The Morgan fingerprint density at radius 1 is 0.875 bits per heavy atom. The Morgan fingerprint density at radius 3 is 2.20 bits per heavy atom. The number of nitrogens with one attached hydrogen (secondary N) is 2. The molecule has 0 bridgehead atoms. The summed E-state index contributed by atoms with van der Waals surface area (Å²) < 4.78 is 18.6. The van der Waals surface area contributed by atoms with Gasteiger partial charge in [0.1, 0.15) is 12.3 Å². The lowest BCUT2D eigenvalue weighted by Gasteiger charge is -2.17. The number of amides is 2. The number of ether oxygens (including phenoxy) is 3. The van der Waals surface area contributed by atoms with Gasteiger partial charge in [0.15, 0.2) is 11.5 Å². The van der Waals surface area contributed by atoms with Crippen molar-refractivity contribution in [3.63, 3.8) is 0 Å². The van der Waals surface area contributed by atoms with Crippen molar-refractivity contribution in [2.45, 2.75) is 20.0 Å². The molecule has 0 aliphatic heterocycles. The van der Waals surface area contributed by atoms with Crippen molar-refractivity contribution in [2.75, 3.05) is 33.2 Å². The van der Waals surface area contributed by atoms with Crippen molar-refractivity contribution in [1.82, 2.24) is 14.5 Å². The molecular formula is C29H30N4O7. The maximum absolute atomic E-state index is 13.7. The molecule has 1 aromatic heterocycles. The quantitative estimate of drug-likeness (QED) is 0.313. The topological polar surface area (TPSA) is 130 Å². The third kappa shape index (κ3) is 5.68. The number of nitrogens with zero attached hydrogens (tertiary/aromatic N) is 2. The molecule has 208 valence electrons. The number of aromatic nitrogens is 2. The maximum Gasteiger partial charge on any atom is 0.332 e. The summed E-state index contributed by atoms with van der Waals surface area (Å²) >= 11 is 0. The first kappa shape index (κ1) is 28.0. The number of methoxy groups -OCH3 is 2. The molecule has 0 aliphatic rings. The predicted octanol–water partition coefficient (Wildman–Crippen LogP) is 2.63. The number of hydrogen-bond acceptors (Lipinski definition) is 7. The van der Waals surface area contributed by atoms with Gasteiger partial charge in [-0.25, -0.2) is 4.79 Å². The summed E-state index contributed by atoms with van der Waals surface area (Å²) in [5.41, 5.74) is 0.481. The molecule has 0 spiro atoms. The predicted molar refractivity (Wildman–Crippen MR) is 151 cm³/mol. The van der Waals surface area contributed by atoms with E-state index in [1.807, 2.05) is 6.92 Å². The number of anilines is 1. The van der Waals surface area contributed by atoms with Crippen molar-refractivity contribution in [3.8, 4) is 17.2 Å². The zero-order valence-corrected chi connectivity index (χ0v) is 22.6. The maximum atomic E-state index is 13.7. The van der Waals surface area contributed by atoms with Crippen LogP contribution < -0.4 is 36.1 Å². The van der Waals surface area contributed by atoms with Gasteiger partial charge < -0.3 is 24.8 Å². The lowest BCUT2D eigenvalue weighted by atomic mass is 10.1. The first-order valence-corrected chi connectivity index (χ1v) is 12.5. The van der Waals surface area contributed by atoms with E-state index in [-0.39, 0.29) is 29.9 Å². The summed E-state index contributed by atoms with van der Waals surface area (Å²) in [6, 6.07) is 16.5. The molecule has 1 heterocycles. The van der Waals surface area contributed by atoms with Crippen LogP contribution in [0.1, 0.15) is 22.8 Å². The van der Waals surface area contributed by atoms with Crippen molar-refractivity contribution in [2.24, 2.45) is 0 Å². The minimum absolute atomic E-state index is 0.0786. The molecule has 3 aromatic carbocycles. The Labute approximate surface area is 229 Å². The van der Waals surface area contributed by atoms with Crippen molar-refractivity contribution in [3.05, 3.63) is 92.6 Å². The van der Waals surface area contributed by atoms with E-state index in [2.05, 4.69) is 10.6 Å². The minimum atomic E-state index is -0.687. The average Bonchev–Trinajstić information content (AvgIpc) is 2.97. The standard InChI is InChI=1S/C29H30N4O7/c1-5-40-23-9-7-6-8-21(23)31-26(34)17-32-22-15-25(39-4)24(38-3)14-20(22)28(36)33(29(32)37)16-18-10-12-19(13-11-18)27(35)30-2/h6-15H,5,16-17H2,1-4H3,(H,30,35)(H,31,34). The Hall–Kier alpha value is -5.06. The number of hydrogen-bond donors (Lipinski definition) is 2. The van der Waals surface area contributed by atoms with E-state index < -0.39 is 17.2 Å². The Kier molecular flexibility index (Phi) is 8.53. The molecule has 0 aliphatic carbocycles. The van der Waals surface area contributed by atoms with Crippen molar-refractivity contribution < 1.29 is 23.8 Å². The molecule has 0 atom stereocenters. The van der Waals surface area contributed by atoms with Gasteiger partial charge >= 0.3 is 5.69 Å². The molecule has 40 heavy (non-hydrogen) atoms. The van der Waals surface area contributed by atoms with Crippen LogP contribution in [-0.2, 0) is 17.9 Å². The van der Waals surface area contributed by atoms with Crippen LogP contribution in [0.15, 0.2) is 70.3 Å². The number of para-hydroxylation sites is 2. The number of rotatable bonds is 10. The molecule has 0 unspecified atom stereocenters. The van der Waals surface area contributed by atoms with Gasteiger partial charge in [-0.1, -0.05) is 24.3 Å². The fraction of sp³-hybridized carbons (Fsp3) is 0.241. The highest BCUT2D eigenvalue weighted by Gasteiger charge is 2.20. The van der Waals surface area contributed by atoms with Crippen LogP contribution in [-0.4, -0.2) is 48.8 Å². The summed E-state index contributed by atoms with van der Waals surface area (Å²) in [5, 5.41) is 5.50. The SMILES string of the molecule is CCOc1ccccc1NC(=O)Cn1c(=O)n(Cc2ccc(C(=O)NC)cc2)c(=O)c2cc(OC)c(OC)cc21. The zero-order valence-electron chi connectivity index (χ0n) is 22.6. The molecule has 11 heteroatoms. The van der Waals surface area contributed by atoms with E-state index in [4.69, 9.17) is 14.2 Å². The van der Waals surface area contributed by atoms with Gasteiger partial charge in [-0.2, -0.15) is 0 Å². The van der Waals surface area contributed by atoms with Gasteiger partial charge in [0.2, 0.25) is 5.91 Å². The summed E-state index contributed by atoms with van der Waals surface area (Å²) in [5.74, 6) is 0.341. The second-order valence-electron chi connectivity index (χ2n) is 8.74. The molecular weight excluding hydrogens is 516 g/mol. The first-order chi connectivity index (χ1) is 19.3. The Bertz CT molecular complexity index is 1670. The highest BCUT2D eigenvalue weighted by molar-refractivity contribution is 5.94. The van der Waals surface area contributed by atoms with Gasteiger partial charge in [0, 0.05) is 18.7 Å².